The van der Waals surface area contributed by atoms with Gasteiger partial charge >= 0.3 is 0 Å². The summed E-state index contributed by atoms with van der Waals surface area (Å²) < 4.78 is 4.94. The molecule has 4 atom stereocenters. The number of fused-ring (bicyclic) bond motifs is 4. The number of nitrogens with zero attached hydrogens (tertiary/aromatic N) is 2. The molecule has 3 heterocycles. The Balaban J connectivity index is -0.0000000907. The molecule has 0 aliphatic carbocycles. The lowest BCUT2D eigenvalue weighted by molar-refractivity contribution is 0.122. The molecule has 0 N–H and O–H groups in total. The van der Waals surface area contributed by atoms with Crippen LogP contribution in [0.3, 0.4) is 0 Å². The lowest BCUT2D eigenvalue weighted by Crippen LogP contribution is -2.41. The van der Waals surface area contributed by atoms with Crippen molar-refractivity contribution in [2.45, 2.75) is 140 Å². The number of ether oxygens (including phenoxy) is 1. The van der Waals surface area contributed by atoms with Crippen molar-refractivity contribution in [1.29, 1.82) is 0 Å². The standard InChI is InChI=1S/C13H25N.C8H14O.C3H6.C2H5N.4C2H6/c1-3-11(2)9-13-10-12-5-4-7-14(13)8-6-12;1-4-6-7-8(5-2)9-3;2*1-3-2;4*1-2/h11-13H,3-10H2,1-2H3;5,7H,2,4,6H2,1,3H3;3H,1H2,2H3;1H2,2H3;4*1-2H3. The summed E-state index contributed by atoms with van der Waals surface area (Å²) in [6.07, 6.45) is 16.5. The summed E-state index contributed by atoms with van der Waals surface area (Å²) in [6.45, 7) is 37.6. The van der Waals surface area contributed by atoms with Crippen LogP contribution in [-0.4, -0.2) is 44.9 Å². The molecule has 3 saturated heterocycles. The van der Waals surface area contributed by atoms with Crippen LogP contribution in [-0.2, 0) is 4.74 Å². The first-order valence-electron chi connectivity index (χ1n) is 15.5. The van der Waals surface area contributed by atoms with Crippen LogP contribution in [0.15, 0.2) is 42.1 Å². The van der Waals surface area contributed by atoms with Gasteiger partial charge in [-0.3, -0.25) is 0 Å². The number of hydrogen-bond acceptors (Lipinski definition) is 3. The Bertz CT molecular complexity index is 422. The van der Waals surface area contributed by atoms with Gasteiger partial charge in [-0.1, -0.05) is 102 Å². The number of aliphatic imine (C=N–C) groups is 1. The van der Waals surface area contributed by atoms with Crippen LogP contribution in [0.5, 0.6) is 0 Å². The van der Waals surface area contributed by atoms with E-state index in [1.807, 2.05) is 68.4 Å². The van der Waals surface area contributed by atoms with Crippen LogP contribution >= 0.6 is 0 Å². The maximum atomic E-state index is 4.94. The minimum atomic E-state index is 0.872. The highest BCUT2D eigenvalue weighted by Crippen LogP contribution is 2.33. The van der Waals surface area contributed by atoms with Gasteiger partial charge in [-0.2, -0.15) is 0 Å². The molecule has 0 saturated carbocycles. The Labute approximate surface area is 238 Å². The van der Waals surface area contributed by atoms with Crippen LogP contribution in [0.25, 0.3) is 0 Å². The quantitative estimate of drug-likeness (QED) is 0.143. The van der Waals surface area contributed by atoms with Crippen molar-refractivity contribution in [2.24, 2.45) is 16.8 Å². The lowest BCUT2D eigenvalue weighted by atomic mass is 9.86. The molecule has 3 heteroatoms. The first-order valence-corrected chi connectivity index (χ1v) is 15.5. The van der Waals surface area contributed by atoms with E-state index in [-0.39, 0.29) is 0 Å². The molecule has 2 bridgehead atoms. The van der Waals surface area contributed by atoms with Gasteiger partial charge < -0.3 is 14.6 Å². The molecule has 3 rings (SSSR count). The van der Waals surface area contributed by atoms with Gasteiger partial charge in [0.15, 0.2) is 0 Å². The third-order valence-corrected chi connectivity index (χ3v) is 5.45. The molecular formula is C34H74N2O. The van der Waals surface area contributed by atoms with E-state index < -0.39 is 0 Å². The second-order valence-corrected chi connectivity index (χ2v) is 8.00. The fraction of sp³-hybridized carbons (Fsp3) is 0.794. The Morgan fingerprint density at radius 3 is 1.86 bits per heavy atom. The molecule has 4 unspecified atom stereocenters. The smallest absolute Gasteiger partial charge is 0.114 e. The average molecular weight is 527 g/mol. The van der Waals surface area contributed by atoms with Crippen molar-refractivity contribution >= 4 is 6.72 Å². The van der Waals surface area contributed by atoms with Crippen molar-refractivity contribution in [3.05, 3.63) is 37.1 Å². The highest BCUT2D eigenvalue weighted by atomic mass is 16.5. The number of piperidine rings is 1. The van der Waals surface area contributed by atoms with Crippen LogP contribution in [0.2, 0.25) is 0 Å². The van der Waals surface area contributed by atoms with Gasteiger partial charge in [0.2, 0.25) is 0 Å². The predicted octanol–water partition coefficient (Wildman–Crippen LogP) is 11.4. The van der Waals surface area contributed by atoms with Gasteiger partial charge in [-0.25, -0.2) is 0 Å². The summed E-state index contributed by atoms with van der Waals surface area (Å²) in [4.78, 5) is 6.02. The highest BCUT2D eigenvalue weighted by molar-refractivity contribution is 5.22. The van der Waals surface area contributed by atoms with Gasteiger partial charge in [0.1, 0.15) is 5.76 Å². The van der Waals surface area contributed by atoms with Gasteiger partial charge in [0, 0.05) is 13.1 Å². The second-order valence-electron chi connectivity index (χ2n) is 8.00. The van der Waals surface area contributed by atoms with E-state index in [1.54, 1.807) is 26.3 Å². The zero-order chi connectivity index (χ0) is 30.5. The van der Waals surface area contributed by atoms with Crippen molar-refractivity contribution in [1.82, 2.24) is 4.90 Å². The molecule has 0 aromatic heterocycles. The fourth-order valence-corrected chi connectivity index (χ4v) is 3.74. The number of rotatable bonds is 7. The Hall–Kier alpha value is -1.35. The number of allylic oxidation sites excluding steroid dienone is 3. The largest absolute Gasteiger partial charge is 0.497 e. The summed E-state index contributed by atoms with van der Waals surface area (Å²) in [5.74, 6) is 2.87. The summed E-state index contributed by atoms with van der Waals surface area (Å²) in [6, 6.07) is 0.936. The third kappa shape index (κ3) is 36.9. The Morgan fingerprint density at radius 1 is 1.00 bits per heavy atom. The van der Waals surface area contributed by atoms with Crippen LogP contribution in [0, 0.1) is 11.8 Å². The van der Waals surface area contributed by atoms with E-state index in [9.17, 15) is 0 Å². The van der Waals surface area contributed by atoms with Gasteiger partial charge in [0.05, 0.1) is 7.11 Å². The van der Waals surface area contributed by atoms with Crippen molar-refractivity contribution in [3.8, 4) is 0 Å². The zero-order valence-electron chi connectivity index (χ0n) is 28.5. The summed E-state index contributed by atoms with van der Waals surface area (Å²) in [5.41, 5.74) is 0. The number of unbranched alkanes of at least 4 members (excludes halogenated alkanes) is 1. The average Bonchev–Trinajstić information content (AvgIpc) is 3.31. The van der Waals surface area contributed by atoms with Crippen molar-refractivity contribution in [3.63, 3.8) is 0 Å². The van der Waals surface area contributed by atoms with Crippen molar-refractivity contribution < 1.29 is 4.74 Å². The van der Waals surface area contributed by atoms with Crippen LogP contribution < -0.4 is 0 Å². The molecule has 3 nitrogen and oxygen atoms in total. The van der Waals surface area contributed by atoms with E-state index in [1.165, 1.54) is 51.6 Å². The van der Waals surface area contributed by atoms with E-state index in [0.717, 1.165) is 36.5 Å². The molecule has 37 heavy (non-hydrogen) atoms. The highest BCUT2D eigenvalue weighted by Gasteiger charge is 2.31. The van der Waals surface area contributed by atoms with E-state index in [2.05, 4.69) is 50.5 Å². The fourth-order valence-electron chi connectivity index (χ4n) is 3.74. The van der Waals surface area contributed by atoms with E-state index in [0.29, 0.717) is 0 Å². The van der Waals surface area contributed by atoms with Gasteiger partial charge in [-0.05, 0) is 89.2 Å². The lowest BCUT2D eigenvalue weighted by Gasteiger charge is -2.37. The molecule has 3 aliphatic heterocycles. The van der Waals surface area contributed by atoms with E-state index in [4.69, 9.17) is 4.74 Å². The molecule has 3 fully saturated rings. The van der Waals surface area contributed by atoms with E-state index >= 15 is 0 Å². The van der Waals surface area contributed by atoms with Crippen LogP contribution in [0.1, 0.15) is 134 Å². The Kier molecular flexibility index (Phi) is 62.9. The summed E-state index contributed by atoms with van der Waals surface area (Å²) >= 11 is 0. The molecule has 0 amide bonds. The minimum absolute atomic E-state index is 0.872. The van der Waals surface area contributed by atoms with Crippen LogP contribution in [0.4, 0.5) is 0 Å². The zero-order valence-corrected chi connectivity index (χ0v) is 28.5. The number of methoxy groups -OCH3 is 1. The maximum Gasteiger partial charge on any atom is 0.114 e. The second kappa shape index (κ2) is 47.8. The van der Waals surface area contributed by atoms with Gasteiger partial charge in [-0.15, -0.1) is 6.58 Å². The minimum Gasteiger partial charge on any atom is -0.497 e. The van der Waals surface area contributed by atoms with Gasteiger partial charge in [0.25, 0.3) is 0 Å². The third-order valence-electron chi connectivity index (χ3n) is 5.45. The molecular weight excluding hydrogens is 452 g/mol. The monoisotopic (exact) mass is 527 g/mol. The maximum absolute atomic E-state index is 4.94. The first kappa shape index (κ1) is 48.7. The normalized spacial score (nSPS) is 19.0. The number of hydrogen-bond donors (Lipinski definition) is 0. The molecule has 0 aromatic carbocycles. The summed E-state index contributed by atoms with van der Waals surface area (Å²) in [7, 11) is 3.29. The molecule has 0 aromatic rings. The molecule has 3 aliphatic rings. The predicted molar refractivity (Wildman–Crippen MR) is 178 cm³/mol. The molecule has 226 valence electrons. The molecule has 0 spiro atoms. The summed E-state index contributed by atoms with van der Waals surface area (Å²) in [5, 5.41) is 0. The topological polar surface area (TPSA) is 24.8 Å². The first-order chi connectivity index (χ1) is 18.0. The molecule has 0 radical (unpaired) electrons. The SMILES string of the molecule is C=CC.C=CC(=CCCC)OC.C=NC.CC.CC.CC.CC.CCC(C)CC1CC2CCCN1CC2. The van der Waals surface area contributed by atoms with Crippen molar-refractivity contribution in [2.75, 3.05) is 27.2 Å². The Morgan fingerprint density at radius 2 is 1.49 bits per heavy atom.